The molecule has 8 heterocycles. The predicted molar refractivity (Wildman–Crippen MR) is 406 cm³/mol. The number of ketones is 2. The molecule has 0 saturated heterocycles. The maximum atomic E-state index is 13.3. The van der Waals surface area contributed by atoms with Crippen molar-refractivity contribution in [1.82, 2.24) is 64.0 Å². The number of imidazole rings is 5. The van der Waals surface area contributed by atoms with Crippen LogP contribution in [0.4, 0.5) is 28.6 Å². The van der Waals surface area contributed by atoms with Gasteiger partial charge in [-0.15, -0.1) is 11.6 Å². The van der Waals surface area contributed by atoms with E-state index in [1.54, 1.807) is 59.4 Å². The number of hydrogen-bond donors (Lipinski definition) is 7. The first-order valence-electron chi connectivity index (χ1n) is 31.5. The number of Topliss-reactive ketones (excluding diaryl/α,β-unsaturated/α-hetero) is 2. The highest BCUT2D eigenvalue weighted by atomic mass is 35.5. The van der Waals surface area contributed by atoms with E-state index in [2.05, 4.69) is 102 Å². The Kier molecular flexibility index (Phi) is 23.6. The fourth-order valence-electron chi connectivity index (χ4n) is 10.3. The minimum Gasteiger partial charge on any atom is -0.477 e. The van der Waals surface area contributed by atoms with Crippen LogP contribution < -0.4 is 16.4 Å². The van der Waals surface area contributed by atoms with Crippen LogP contribution >= 0.6 is 45.6 Å². The molecule has 17 rings (SSSR count). The molecule has 17 aromatic rings. The fraction of sp³-hybridized carbons (Fsp3) is 0.0658. The summed E-state index contributed by atoms with van der Waals surface area (Å²) < 4.78 is 45.9. The lowest BCUT2D eigenvalue weighted by molar-refractivity contribution is 0.0690. The molecule has 8 aromatic heterocycles. The van der Waals surface area contributed by atoms with E-state index in [-0.39, 0.29) is 46.5 Å². The molecule has 0 aliphatic carbocycles. The topological polar surface area (TPSA) is 316 Å². The summed E-state index contributed by atoms with van der Waals surface area (Å²) in [7, 11) is 3.63. The van der Waals surface area contributed by atoms with Crippen molar-refractivity contribution in [3.8, 4) is 0 Å². The van der Waals surface area contributed by atoms with Crippen LogP contribution in [0.5, 0.6) is 0 Å². The third-order valence-corrected chi connectivity index (χ3v) is 18.9. The van der Waals surface area contributed by atoms with Crippen molar-refractivity contribution in [1.29, 1.82) is 0 Å². The van der Waals surface area contributed by atoms with E-state index in [9.17, 15) is 37.1 Å². The molecule has 29 heteroatoms. The van der Waals surface area contributed by atoms with Crippen LogP contribution in [0.15, 0.2) is 245 Å². The number of nitrogens with zero attached hydrogens (tertiary/aromatic N) is 10. The van der Waals surface area contributed by atoms with E-state index in [4.69, 9.17) is 22.4 Å². The van der Waals surface area contributed by atoms with Crippen LogP contribution in [0.25, 0.3) is 63.0 Å². The highest BCUT2D eigenvalue weighted by Gasteiger charge is 2.33. The summed E-state index contributed by atoms with van der Waals surface area (Å²) in [4.78, 5) is 94.2. The number of fused-ring (bicyclic) bond motifs is 9. The number of aromatic amines is 3. The Bertz CT molecular complexity index is 5700. The van der Waals surface area contributed by atoms with E-state index < -0.39 is 10.8 Å². The first-order chi connectivity index (χ1) is 50.7. The Morgan fingerprint density at radius 3 is 1.20 bits per heavy atom. The lowest BCUT2D eigenvalue weighted by Gasteiger charge is -2.29. The van der Waals surface area contributed by atoms with E-state index >= 15 is 0 Å². The summed E-state index contributed by atoms with van der Waals surface area (Å²) in [6.07, 6.45) is 15.0. The fourth-order valence-corrected chi connectivity index (χ4v) is 13.6. The Labute approximate surface area is 612 Å². The lowest BCUT2D eigenvalue weighted by Crippen LogP contribution is -2.22. The Morgan fingerprint density at radius 2 is 0.857 bits per heavy atom. The van der Waals surface area contributed by atoms with Crippen LogP contribution in [0.1, 0.15) is 83.0 Å². The zero-order chi connectivity index (χ0) is 74.2. The summed E-state index contributed by atoms with van der Waals surface area (Å²) in [6.45, 7) is 3.00. The number of alkyl halides is 1. The van der Waals surface area contributed by atoms with Crippen molar-refractivity contribution in [3.05, 3.63) is 307 Å². The number of amides is 2. The third-order valence-electron chi connectivity index (χ3n) is 15.3. The molecule has 2 amide bonds. The predicted octanol–water partition coefficient (Wildman–Crippen LogP) is 16.9. The van der Waals surface area contributed by atoms with Gasteiger partial charge in [0.15, 0.2) is 27.0 Å². The number of H-pyrrole nitrogens is 3. The minimum atomic E-state index is -0.984. The van der Waals surface area contributed by atoms with Gasteiger partial charge in [-0.05, 0) is 106 Å². The van der Waals surface area contributed by atoms with Crippen molar-refractivity contribution in [3.63, 3.8) is 0 Å². The van der Waals surface area contributed by atoms with E-state index in [0.29, 0.717) is 38.2 Å². The smallest absolute Gasteiger partial charge is 0.353 e. The quantitative estimate of drug-likeness (QED) is 0.0380. The van der Waals surface area contributed by atoms with Gasteiger partial charge in [-0.25, -0.2) is 57.8 Å². The van der Waals surface area contributed by atoms with E-state index in [0.717, 1.165) is 79.7 Å². The molecule has 8 N–H and O–H groups in total. The van der Waals surface area contributed by atoms with Gasteiger partial charge >= 0.3 is 5.97 Å². The van der Waals surface area contributed by atoms with Gasteiger partial charge in [0.05, 0.1) is 80.9 Å². The van der Waals surface area contributed by atoms with Gasteiger partial charge in [-0.2, -0.15) is 0 Å². The van der Waals surface area contributed by atoms with Crippen molar-refractivity contribution in [2.24, 2.45) is 14.1 Å². The average Bonchev–Trinajstić information content (AvgIpc) is 1.79. The summed E-state index contributed by atoms with van der Waals surface area (Å²) in [6, 6.07) is 55.7. The first kappa shape index (κ1) is 73.3. The number of aromatic carboxylic acids is 1. The molecule has 0 unspecified atom stereocenters. The van der Waals surface area contributed by atoms with Crippen LogP contribution in [-0.2, 0) is 19.0 Å². The number of nitrogens with two attached hydrogens (primary N) is 1. The van der Waals surface area contributed by atoms with Gasteiger partial charge < -0.3 is 34.9 Å². The number of carbonyl (C=O) groups excluding carboxylic acids is 4. The van der Waals surface area contributed by atoms with Crippen LogP contribution in [0, 0.1) is 17.5 Å². The number of carbonyl (C=O) groups is 5. The molecular formula is C76H60ClF3N16O6S3. The number of benzene rings is 9. The number of aromatic nitrogens is 13. The number of halogens is 4. The number of rotatable bonds is 10. The summed E-state index contributed by atoms with van der Waals surface area (Å²) in [5, 5.41) is 20.6. The maximum absolute atomic E-state index is 13.3. The monoisotopic (exact) mass is 1480 g/mol. The van der Waals surface area contributed by atoms with Crippen LogP contribution in [0.2, 0.25) is 0 Å². The van der Waals surface area contributed by atoms with Crippen LogP contribution in [-0.4, -0.2) is 98.4 Å². The van der Waals surface area contributed by atoms with E-state index in [1.807, 2.05) is 98.0 Å². The van der Waals surface area contributed by atoms with Crippen molar-refractivity contribution >= 4 is 153 Å². The highest BCUT2D eigenvalue weighted by Crippen LogP contribution is 2.43. The second-order valence-electron chi connectivity index (χ2n) is 22.8. The van der Waals surface area contributed by atoms with E-state index in [1.165, 1.54) is 122 Å². The summed E-state index contributed by atoms with van der Waals surface area (Å²) >= 11 is 11.3. The molecule has 526 valence electrons. The van der Waals surface area contributed by atoms with Gasteiger partial charge in [-0.3, -0.25) is 29.8 Å². The largest absolute Gasteiger partial charge is 0.477 e. The van der Waals surface area contributed by atoms with Gasteiger partial charge in [-0.1, -0.05) is 143 Å². The number of aryl methyl sites for hydroxylation is 2. The van der Waals surface area contributed by atoms with Gasteiger partial charge in [0, 0.05) is 56.5 Å². The second-order valence-corrected chi connectivity index (χ2v) is 26.4. The molecule has 0 fully saturated rings. The number of thiazole rings is 3. The number of carboxylic acid groups (broad SMARTS) is 1. The molecule has 0 radical (unpaired) electrons. The molecule has 0 atom stereocenters. The number of nitrogens with one attached hydrogen (secondary N) is 5. The van der Waals surface area contributed by atoms with Crippen molar-refractivity contribution in [2.45, 2.75) is 18.7 Å². The number of nitrogen functional groups attached to an aromatic ring is 1. The average molecular weight is 1480 g/mol. The Morgan fingerprint density at radius 1 is 0.476 bits per heavy atom. The third kappa shape index (κ3) is 18.4. The molecule has 0 bridgehead atoms. The summed E-state index contributed by atoms with van der Waals surface area (Å²) in [5.41, 5.74) is 13.2. The Balaban J connectivity index is 0.000000127. The van der Waals surface area contributed by atoms with Crippen LogP contribution in [0.3, 0.4) is 0 Å². The molecular weight excluding hydrogens is 1420 g/mol. The van der Waals surface area contributed by atoms with Gasteiger partial charge in [0.1, 0.15) is 50.8 Å². The lowest BCUT2D eigenvalue weighted by atomic mass is 9.84. The van der Waals surface area contributed by atoms with Gasteiger partial charge in [0.2, 0.25) is 0 Å². The standard InChI is InChI=1S/C19H15Cl.C16H11FN4OS.C15H9FN4OS.C11H7FN2S.C6H8N2O.C5H6N2O.C4H4N2O2/c20-19(16-10-4-1-5-11-16,17-12-6-2-7-13-17)18-14-8-3-9-15-18;1-21-7-13(18-8-21)15(22)20-16-19-12-5-2-9-6-10(17)3-4-11(9)14(12)23-16;16-9-2-3-10-8(5-9)1-4-11-13(10)22-15(19-11)20-14(21)12-6-17-7-18-12;12-7-2-3-8-6(5-7)1-4-9-10(8)15-11(13)14-9;1-5(9)6-3-8(2)4-7-6;1-4(8)5-2-6-3-7-5;7-4(8)3-1-5-2-6-3/h1-15H;2-8H,1H3,(H,19,20,22);1-7H,(H,17,18)(H,19,20,21);1-5H,(H2,13,14);3-4H,1-2H3;2-3H,1H3,(H,6,7);1-2H,(H,5,6)(H,7,8). The maximum Gasteiger partial charge on any atom is 0.353 e. The van der Waals surface area contributed by atoms with Crippen molar-refractivity contribution < 1.29 is 42.3 Å². The minimum absolute atomic E-state index is 0.00981. The molecule has 105 heavy (non-hydrogen) atoms. The molecule has 0 aliphatic heterocycles. The Hall–Kier alpha value is -12.9. The second kappa shape index (κ2) is 33.7. The normalized spacial score (nSPS) is 10.7. The molecule has 22 nitrogen and oxygen atoms in total. The molecule has 9 aromatic carbocycles. The number of hydrogen-bond acceptors (Lipinski definition) is 17. The van der Waals surface area contributed by atoms with Gasteiger partial charge in [0.25, 0.3) is 11.8 Å². The molecule has 0 spiro atoms. The number of anilines is 3. The SMILES string of the molecule is CC(=O)c1cn(C)cn1.CC(=O)c1cnc[nH]1.ClC(c1ccccc1)(c1ccccc1)c1ccccc1.Cn1cnc(C(=O)Nc2nc3ccc4cc(F)ccc4c3s2)c1.Nc1nc2ccc3cc(F)ccc3c2s1.O=C(Nc1nc2ccc3cc(F)ccc3c2s1)c1cnc[nH]1.O=C(O)c1cnc[nH]1. The number of carboxylic acids is 1. The highest BCUT2D eigenvalue weighted by molar-refractivity contribution is 7.24. The zero-order valence-electron chi connectivity index (χ0n) is 55.9. The summed E-state index contributed by atoms with van der Waals surface area (Å²) in [5.74, 6) is -2.33. The zero-order valence-corrected chi connectivity index (χ0v) is 59.1. The molecule has 0 aliphatic rings. The van der Waals surface area contributed by atoms with Crippen molar-refractivity contribution in [2.75, 3.05) is 16.4 Å². The molecule has 0 saturated carbocycles. The first-order valence-corrected chi connectivity index (χ1v) is 34.4.